The molecule has 8 N–H and O–H groups in total. The summed E-state index contributed by atoms with van der Waals surface area (Å²) >= 11 is 0. The Morgan fingerprint density at radius 2 is 2.00 bits per heavy atom. The molecule has 1 amide bonds. The van der Waals surface area contributed by atoms with Gasteiger partial charge in [-0.25, -0.2) is 4.72 Å². The Kier molecular flexibility index (Phi) is 6.50. The molecule has 1 heterocycles. The molecule has 132 valence electrons. The summed E-state index contributed by atoms with van der Waals surface area (Å²) in [6.45, 7) is -1.23. The number of nitrogens with two attached hydrogens (primary N) is 2. The van der Waals surface area contributed by atoms with Gasteiger partial charge in [0.1, 0.15) is 5.54 Å². The summed E-state index contributed by atoms with van der Waals surface area (Å²) in [4.78, 5) is 22.6. The predicted octanol–water partition coefficient (Wildman–Crippen LogP) is -3.73. The maximum atomic E-state index is 12.1. The molecule has 0 aromatic rings. The predicted molar refractivity (Wildman–Crippen MR) is 80.0 cm³/mol. The van der Waals surface area contributed by atoms with Crippen LogP contribution in [0.2, 0.25) is 6.32 Å². The van der Waals surface area contributed by atoms with Gasteiger partial charge in [0.25, 0.3) is 0 Å². The number of carboxylic acid groups (broad SMARTS) is 1. The van der Waals surface area contributed by atoms with Crippen molar-refractivity contribution < 1.29 is 33.2 Å². The van der Waals surface area contributed by atoms with E-state index < -0.39 is 53.8 Å². The van der Waals surface area contributed by atoms with Crippen LogP contribution in [0.4, 0.5) is 0 Å². The molecule has 0 saturated carbocycles. The number of nitrogens with zero attached hydrogens (tertiary/aromatic N) is 1. The van der Waals surface area contributed by atoms with Gasteiger partial charge in [-0.2, -0.15) is 12.7 Å². The molecule has 2 atom stereocenters. The third-order valence-electron chi connectivity index (χ3n) is 3.77. The van der Waals surface area contributed by atoms with E-state index in [1.807, 2.05) is 0 Å². The highest BCUT2D eigenvalue weighted by molar-refractivity contribution is 7.87. The van der Waals surface area contributed by atoms with Crippen LogP contribution in [0.15, 0.2) is 0 Å². The first-order valence-corrected chi connectivity index (χ1v) is 8.36. The molecule has 11 nitrogen and oxygen atoms in total. The van der Waals surface area contributed by atoms with Crippen molar-refractivity contribution in [2.45, 2.75) is 24.7 Å². The van der Waals surface area contributed by atoms with Gasteiger partial charge in [0.15, 0.2) is 0 Å². The van der Waals surface area contributed by atoms with Crippen LogP contribution in [-0.4, -0.2) is 72.0 Å². The SMILES string of the molecule is NCC(=O)NS(=O)(=O)N1C[C@H](CCCB(O)O)[C@](N)(C(=O)O)C1. The number of rotatable bonds is 8. The third-order valence-corrected chi connectivity index (χ3v) is 5.22. The van der Waals surface area contributed by atoms with Crippen molar-refractivity contribution >= 4 is 29.2 Å². The van der Waals surface area contributed by atoms with Gasteiger partial charge >= 0.3 is 23.3 Å². The summed E-state index contributed by atoms with van der Waals surface area (Å²) in [7, 11) is -5.77. The quantitative estimate of drug-likeness (QED) is 0.238. The van der Waals surface area contributed by atoms with E-state index in [2.05, 4.69) is 0 Å². The van der Waals surface area contributed by atoms with Gasteiger partial charge < -0.3 is 26.6 Å². The lowest BCUT2D eigenvalue weighted by atomic mass is 9.78. The normalized spacial score (nSPS) is 25.3. The van der Waals surface area contributed by atoms with Gasteiger partial charge in [0.05, 0.1) is 6.54 Å². The highest BCUT2D eigenvalue weighted by atomic mass is 32.2. The average Bonchev–Trinajstić information content (AvgIpc) is 2.77. The van der Waals surface area contributed by atoms with Crippen molar-refractivity contribution in [3.63, 3.8) is 0 Å². The number of amides is 1. The fraction of sp³-hybridized carbons (Fsp3) is 0.800. The Bertz CT molecular complexity index is 557. The summed E-state index contributed by atoms with van der Waals surface area (Å²) in [5.41, 5.74) is 9.07. The largest absolute Gasteiger partial charge is 0.480 e. The smallest absolute Gasteiger partial charge is 0.451 e. The molecule has 1 aliphatic heterocycles. The zero-order valence-electron chi connectivity index (χ0n) is 12.4. The number of aliphatic carboxylic acids is 1. The number of carbonyl (C=O) groups excluding carboxylic acids is 1. The molecular weight excluding hydrogens is 331 g/mol. The van der Waals surface area contributed by atoms with Crippen molar-refractivity contribution in [3.8, 4) is 0 Å². The molecule has 0 unspecified atom stereocenters. The Labute approximate surface area is 134 Å². The first kappa shape index (κ1) is 19.8. The van der Waals surface area contributed by atoms with E-state index >= 15 is 0 Å². The lowest BCUT2D eigenvalue weighted by molar-refractivity contribution is -0.144. The molecule has 0 bridgehead atoms. The second kappa shape index (κ2) is 7.55. The highest BCUT2D eigenvalue weighted by Crippen LogP contribution is 2.31. The fourth-order valence-electron chi connectivity index (χ4n) is 2.47. The van der Waals surface area contributed by atoms with E-state index in [0.717, 1.165) is 4.31 Å². The van der Waals surface area contributed by atoms with Crippen LogP contribution in [-0.2, 0) is 19.8 Å². The molecule has 1 rings (SSSR count). The average molecular weight is 352 g/mol. The van der Waals surface area contributed by atoms with Crippen molar-refractivity contribution in [2.24, 2.45) is 17.4 Å². The van der Waals surface area contributed by atoms with E-state index in [-0.39, 0.29) is 25.7 Å². The minimum Gasteiger partial charge on any atom is -0.480 e. The van der Waals surface area contributed by atoms with Crippen molar-refractivity contribution in [3.05, 3.63) is 0 Å². The van der Waals surface area contributed by atoms with Crippen LogP contribution < -0.4 is 16.2 Å². The molecular formula is C10H21BN4O7S. The molecule has 0 radical (unpaired) electrons. The van der Waals surface area contributed by atoms with Crippen molar-refractivity contribution in [1.29, 1.82) is 0 Å². The lowest BCUT2D eigenvalue weighted by Gasteiger charge is -2.25. The van der Waals surface area contributed by atoms with E-state index in [0.29, 0.717) is 0 Å². The molecule has 23 heavy (non-hydrogen) atoms. The third kappa shape index (κ3) is 4.86. The van der Waals surface area contributed by atoms with Gasteiger partial charge in [-0.1, -0.05) is 6.42 Å². The Morgan fingerprint density at radius 3 is 2.48 bits per heavy atom. The fourth-order valence-corrected chi connectivity index (χ4v) is 3.73. The zero-order valence-corrected chi connectivity index (χ0v) is 13.2. The molecule has 1 saturated heterocycles. The van der Waals surface area contributed by atoms with Crippen molar-refractivity contribution in [2.75, 3.05) is 19.6 Å². The van der Waals surface area contributed by atoms with Crippen LogP contribution in [0.5, 0.6) is 0 Å². The number of carbonyl (C=O) groups is 2. The monoisotopic (exact) mass is 352 g/mol. The lowest BCUT2D eigenvalue weighted by Crippen LogP contribution is -2.55. The molecule has 0 aromatic carbocycles. The second-order valence-electron chi connectivity index (χ2n) is 5.48. The Morgan fingerprint density at radius 1 is 1.39 bits per heavy atom. The topological polar surface area (TPSA) is 196 Å². The van der Waals surface area contributed by atoms with Crippen LogP contribution in [0, 0.1) is 5.92 Å². The maximum absolute atomic E-state index is 12.1. The van der Waals surface area contributed by atoms with Crippen LogP contribution >= 0.6 is 0 Å². The summed E-state index contributed by atoms with van der Waals surface area (Å²) in [5.74, 6) is -3.02. The van der Waals surface area contributed by atoms with E-state index in [1.165, 1.54) is 0 Å². The molecule has 0 aliphatic carbocycles. The zero-order chi connectivity index (χ0) is 17.8. The van der Waals surface area contributed by atoms with E-state index in [1.54, 1.807) is 4.72 Å². The second-order valence-corrected chi connectivity index (χ2v) is 7.15. The number of hydrogen-bond donors (Lipinski definition) is 6. The van der Waals surface area contributed by atoms with E-state index in [9.17, 15) is 23.1 Å². The number of nitrogens with one attached hydrogen (secondary N) is 1. The summed E-state index contributed by atoms with van der Waals surface area (Å²) in [6, 6.07) is 0. The van der Waals surface area contributed by atoms with Gasteiger partial charge in [0.2, 0.25) is 5.91 Å². The van der Waals surface area contributed by atoms with E-state index in [4.69, 9.17) is 21.5 Å². The van der Waals surface area contributed by atoms with Gasteiger partial charge in [-0.05, 0) is 12.7 Å². The first-order chi connectivity index (χ1) is 10.5. The highest BCUT2D eigenvalue weighted by Gasteiger charge is 2.52. The number of carboxylic acids is 1. The van der Waals surface area contributed by atoms with Crippen molar-refractivity contribution in [1.82, 2.24) is 9.03 Å². The van der Waals surface area contributed by atoms with Crippen LogP contribution in [0.3, 0.4) is 0 Å². The minimum atomic E-state index is -4.24. The summed E-state index contributed by atoms with van der Waals surface area (Å²) < 4.78 is 26.6. The minimum absolute atomic E-state index is 0.0167. The Hall–Kier alpha value is -1.25. The molecule has 0 aromatic heterocycles. The Balaban J connectivity index is 2.87. The molecule has 0 spiro atoms. The molecule has 1 aliphatic rings. The maximum Gasteiger partial charge on any atom is 0.451 e. The van der Waals surface area contributed by atoms with Gasteiger partial charge in [-0.3, -0.25) is 9.59 Å². The van der Waals surface area contributed by atoms with Gasteiger partial charge in [0, 0.05) is 19.0 Å². The summed E-state index contributed by atoms with van der Waals surface area (Å²) in [6.07, 6.45) is 0.470. The molecule has 1 fully saturated rings. The molecule has 13 heteroatoms. The van der Waals surface area contributed by atoms with Crippen LogP contribution in [0.1, 0.15) is 12.8 Å². The number of hydrogen-bond acceptors (Lipinski definition) is 8. The standard InChI is InChI=1S/C10H21BN4O7S/c12-4-8(16)14-23(21,22)15-5-7(2-1-3-11(19)20)10(13,6-15)9(17)18/h7,19-20H,1-6,12-13H2,(H,14,16)(H,17,18)/t7-,10-/m0/s1. The summed E-state index contributed by atoms with van der Waals surface area (Å²) in [5, 5.41) is 26.9. The first-order valence-electron chi connectivity index (χ1n) is 6.92. The van der Waals surface area contributed by atoms with Gasteiger partial charge in [-0.15, -0.1) is 0 Å². The van der Waals surface area contributed by atoms with Crippen LogP contribution in [0.25, 0.3) is 0 Å².